The van der Waals surface area contributed by atoms with Crippen molar-refractivity contribution in [3.8, 4) is 0 Å². The summed E-state index contributed by atoms with van der Waals surface area (Å²) in [6.07, 6.45) is 40.3. The SMILES string of the molecule is CCCCCCCC/C=C\CCCCCCCC(=O)OC[C@@H](COCc1ccccc1)OC(=O)CCCCCCCCCCCCCCCCC. The molecule has 1 aromatic rings. The van der Waals surface area contributed by atoms with E-state index in [1.54, 1.807) is 0 Å². The Morgan fingerprint density at radius 2 is 0.922 bits per heavy atom. The fourth-order valence-electron chi connectivity index (χ4n) is 6.48. The lowest BCUT2D eigenvalue weighted by Crippen LogP contribution is -2.29. The van der Waals surface area contributed by atoms with Crippen LogP contribution in [0.2, 0.25) is 0 Å². The lowest BCUT2D eigenvalue weighted by Gasteiger charge is -2.18. The van der Waals surface area contributed by atoms with E-state index in [1.165, 1.54) is 141 Å². The highest BCUT2D eigenvalue weighted by atomic mass is 16.6. The molecule has 0 unspecified atom stereocenters. The van der Waals surface area contributed by atoms with Crippen LogP contribution in [0.25, 0.3) is 0 Å². The maximum atomic E-state index is 12.7. The molecule has 0 radical (unpaired) electrons. The van der Waals surface area contributed by atoms with Gasteiger partial charge in [0.2, 0.25) is 0 Å². The molecule has 5 nitrogen and oxygen atoms in total. The van der Waals surface area contributed by atoms with Crippen LogP contribution in [0.4, 0.5) is 0 Å². The summed E-state index contributed by atoms with van der Waals surface area (Å²) in [5.41, 5.74) is 1.06. The van der Waals surface area contributed by atoms with E-state index in [2.05, 4.69) is 26.0 Å². The zero-order valence-electron chi connectivity index (χ0n) is 33.5. The second kappa shape index (κ2) is 37.6. The standard InChI is InChI=1S/C46H80O5/c1-3-5-7-9-11-13-15-17-19-21-23-25-27-29-34-38-45(47)50-42-44(41-49-40-43-36-32-31-33-37-43)51-46(48)39-35-30-28-26-24-22-20-18-16-14-12-10-8-6-4-2/h17,19,31-33,36-37,44H,3-16,18,20-30,34-35,38-42H2,1-2H3/b19-17-/t44-/m1/s1. The molecule has 0 spiro atoms. The monoisotopic (exact) mass is 713 g/mol. The minimum atomic E-state index is -0.587. The maximum Gasteiger partial charge on any atom is 0.306 e. The summed E-state index contributed by atoms with van der Waals surface area (Å²) < 4.78 is 17.2. The van der Waals surface area contributed by atoms with Crippen LogP contribution in [0.1, 0.15) is 212 Å². The second-order valence-corrected chi connectivity index (χ2v) is 14.8. The number of carbonyl (C=O) groups excluding carboxylic acids is 2. The molecule has 1 atom stereocenters. The summed E-state index contributed by atoms with van der Waals surface area (Å²) in [4.78, 5) is 25.2. The third-order valence-corrected chi connectivity index (χ3v) is 9.77. The van der Waals surface area contributed by atoms with Gasteiger partial charge in [-0.2, -0.15) is 0 Å². The summed E-state index contributed by atoms with van der Waals surface area (Å²) in [5, 5.41) is 0. The Balaban J connectivity index is 2.15. The Morgan fingerprint density at radius 1 is 0.510 bits per heavy atom. The minimum absolute atomic E-state index is 0.0449. The van der Waals surface area contributed by atoms with Crippen molar-refractivity contribution in [1.29, 1.82) is 0 Å². The van der Waals surface area contributed by atoms with Crippen LogP contribution in [0, 0.1) is 0 Å². The molecular weight excluding hydrogens is 633 g/mol. The molecule has 0 aliphatic carbocycles. The summed E-state index contributed by atoms with van der Waals surface area (Å²) in [6, 6.07) is 9.94. The van der Waals surface area contributed by atoms with Crippen molar-refractivity contribution in [3.05, 3.63) is 48.0 Å². The average Bonchev–Trinajstić information content (AvgIpc) is 3.14. The van der Waals surface area contributed by atoms with Gasteiger partial charge in [0.05, 0.1) is 13.2 Å². The third kappa shape index (κ3) is 33.4. The topological polar surface area (TPSA) is 61.8 Å². The van der Waals surface area contributed by atoms with E-state index in [4.69, 9.17) is 14.2 Å². The normalized spacial score (nSPS) is 12.0. The van der Waals surface area contributed by atoms with Crippen LogP contribution in [0.15, 0.2) is 42.5 Å². The van der Waals surface area contributed by atoms with Crippen molar-refractivity contribution in [1.82, 2.24) is 0 Å². The third-order valence-electron chi connectivity index (χ3n) is 9.77. The molecule has 0 aliphatic heterocycles. The zero-order chi connectivity index (χ0) is 36.7. The van der Waals surface area contributed by atoms with Crippen LogP contribution < -0.4 is 0 Å². The predicted molar refractivity (Wildman–Crippen MR) is 216 cm³/mol. The van der Waals surface area contributed by atoms with Crippen molar-refractivity contribution in [2.45, 2.75) is 219 Å². The first-order chi connectivity index (χ1) is 25.2. The number of allylic oxidation sites excluding steroid dienone is 2. The van der Waals surface area contributed by atoms with Crippen LogP contribution in [-0.2, 0) is 30.4 Å². The molecule has 1 rings (SSSR count). The van der Waals surface area contributed by atoms with Gasteiger partial charge in [0.1, 0.15) is 6.61 Å². The average molecular weight is 713 g/mol. The molecule has 1 aromatic carbocycles. The number of unbranched alkanes of at least 4 members (excludes halogenated alkanes) is 25. The van der Waals surface area contributed by atoms with Gasteiger partial charge >= 0.3 is 11.9 Å². The lowest BCUT2D eigenvalue weighted by atomic mass is 10.0. The highest BCUT2D eigenvalue weighted by Crippen LogP contribution is 2.15. The molecule has 0 saturated heterocycles. The highest BCUT2D eigenvalue weighted by Gasteiger charge is 2.18. The summed E-state index contributed by atoms with van der Waals surface area (Å²) in [7, 11) is 0. The first-order valence-electron chi connectivity index (χ1n) is 21.8. The highest BCUT2D eigenvalue weighted by molar-refractivity contribution is 5.70. The van der Waals surface area contributed by atoms with Gasteiger partial charge < -0.3 is 14.2 Å². The number of ether oxygens (including phenoxy) is 3. The fraction of sp³-hybridized carbons (Fsp3) is 0.783. The van der Waals surface area contributed by atoms with E-state index in [0.717, 1.165) is 44.1 Å². The smallest absolute Gasteiger partial charge is 0.306 e. The maximum absolute atomic E-state index is 12.7. The minimum Gasteiger partial charge on any atom is -0.462 e. The summed E-state index contributed by atoms with van der Waals surface area (Å²) >= 11 is 0. The van der Waals surface area contributed by atoms with Crippen molar-refractivity contribution >= 4 is 11.9 Å². The van der Waals surface area contributed by atoms with Crippen molar-refractivity contribution < 1.29 is 23.8 Å². The molecule has 51 heavy (non-hydrogen) atoms. The van der Waals surface area contributed by atoms with E-state index >= 15 is 0 Å². The van der Waals surface area contributed by atoms with E-state index in [9.17, 15) is 9.59 Å². The number of carbonyl (C=O) groups is 2. The van der Waals surface area contributed by atoms with Gasteiger partial charge in [-0.25, -0.2) is 0 Å². The number of benzene rings is 1. The Bertz CT molecular complexity index is 913. The summed E-state index contributed by atoms with van der Waals surface area (Å²) in [5.74, 6) is -0.453. The predicted octanol–water partition coefficient (Wildman–Crippen LogP) is 14.0. The van der Waals surface area contributed by atoms with E-state index in [1.807, 2.05) is 30.3 Å². The first kappa shape index (κ1) is 46.9. The number of esters is 2. The molecule has 5 heteroatoms. The zero-order valence-corrected chi connectivity index (χ0v) is 33.5. The van der Waals surface area contributed by atoms with Gasteiger partial charge in [-0.3, -0.25) is 9.59 Å². The Hall–Kier alpha value is -2.14. The number of rotatable bonds is 38. The van der Waals surface area contributed by atoms with Gasteiger partial charge in [0.15, 0.2) is 6.10 Å². The molecule has 0 amide bonds. The first-order valence-corrected chi connectivity index (χ1v) is 21.8. The largest absolute Gasteiger partial charge is 0.462 e. The molecule has 0 heterocycles. The Labute approximate surface area is 315 Å². The second-order valence-electron chi connectivity index (χ2n) is 14.8. The molecule has 0 N–H and O–H groups in total. The number of hydrogen-bond donors (Lipinski definition) is 0. The Kier molecular flexibility index (Phi) is 34.6. The van der Waals surface area contributed by atoms with Crippen molar-refractivity contribution in [2.75, 3.05) is 13.2 Å². The quantitative estimate of drug-likeness (QED) is 0.0388. The molecular formula is C46H80O5. The van der Waals surface area contributed by atoms with Gasteiger partial charge in [-0.15, -0.1) is 0 Å². The molecule has 0 aromatic heterocycles. The fourth-order valence-corrected chi connectivity index (χ4v) is 6.48. The van der Waals surface area contributed by atoms with E-state index < -0.39 is 6.10 Å². The van der Waals surface area contributed by atoms with Gasteiger partial charge in [0.25, 0.3) is 0 Å². The van der Waals surface area contributed by atoms with Crippen LogP contribution in [-0.4, -0.2) is 31.3 Å². The van der Waals surface area contributed by atoms with Crippen LogP contribution in [0.3, 0.4) is 0 Å². The number of hydrogen-bond acceptors (Lipinski definition) is 5. The molecule has 0 bridgehead atoms. The van der Waals surface area contributed by atoms with E-state index in [0.29, 0.717) is 19.4 Å². The molecule has 294 valence electrons. The van der Waals surface area contributed by atoms with Gasteiger partial charge in [-0.05, 0) is 44.1 Å². The van der Waals surface area contributed by atoms with Gasteiger partial charge in [0, 0.05) is 12.8 Å². The van der Waals surface area contributed by atoms with Crippen LogP contribution in [0.5, 0.6) is 0 Å². The van der Waals surface area contributed by atoms with Crippen molar-refractivity contribution in [2.24, 2.45) is 0 Å². The molecule has 0 fully saturated rings. The molecule has 0 aliphatic rings. The van der Waals surface area contributed by atoms with E-state index in [-0.39, 0.29) is 25.2 Å². The van der Waals surface area contributed by atoms with Crippen molar-refractivity contribution in [3.63, 3.8) is 0 Å². The Morgan fingerprint density at radius 3 is 1.39 bits per heavy atom. The lowest BCUT2D eigenvalue weighted by molar-refractivity contribution is -0.163. The molecule has 0 saturated carbocycles. The van der Waals surface area contributed by atoms with Crippen LogP contribution >= 0.6 is 0 Å². The van der Waals surface area contributed by atoms with Gasteiger partial charge in [-0.1, -0.05) is 198 Å². The summed E-state index contributed by atoms with van der Waals surface area (Å²) in [6.45, 7) is 5.22.